The number of nitrogens with zero attached hydrogens (tertiary/aromatic N) is 1. The van der Waals surface area contributed by atoms with Crippen molar-refractivity contribution in [2.24, 2.45) is 0 Å². The molecule has 1 aromatic carbocycles. The Morgan fingerprint density at radius 1 is 1.16 bits per heavy atom. The van der Waals surface area contributed by atoms with E-state index in [-0.39, 0.29) is 5.91 Å². The van der Waals surface area contributed by atoms with Crippen molar-refractivity contribution in [3.05, 3.63) is 29.8 Å². The highest BCUT2D eigenvalue weighted by atomic mass is 16.1. The minimum Gasteiger partial charge on any atom is -0.388 e. The minimum atomic E-state index is 0.00204. The predicted molar refractivity (Wildman–Crippen MR) is 80.7 cm³/mol. The molecule has 0 fully saturated rings. The van der Waals surface area contributed by atoms with Gasteiger partial charge >= 0.3 is 0 Å². The fraction of sp³-hybridized carbons (Fsp3) is 0.533. The average Bonchev–Trinajstić information content (AvgIpc) is 2.47. The first-order chi connectivity index (χ1) is 9.21. The maximum absolute atomic E-state index is 11.9. The Balaban J connectivity index is 2.30. The Hall–Kier alpha value is -1.55. The number of amides is 1. The van der Waals surface area contributed by atoms with Crippen LogP contribution in [0.4, 0.5) is 5.69 Å². The molecule has 19 heavy (non-hydrogen) atoms. The molecule has 0 aromatic heterocycles. The van der Waals surface area contributed by atoms with Crippen LogP contribution in [0.5, 0.6) is 0 Å². The maximum Gasteiger partial charge on any atom is 0.251 e. The van der Waals surface area contributed by atoms with E-state index in [1.807, 2.05) is 31.3 Å². The highest BCUT2D eigenvalue weighted by molar-refractivity contribution is 5.94. The van der Waals surface area contributed by atoms with Crippen LogP contribution in [0, 0.1) is 0 Å². The maximum atomic E-state index is 11.9. The van der Waals surface area contributed by atoms with Gasteiger partial charge in [-0.15, -0.1) is 0 Å². The molecule has 0 aliphatic heterocycles. The van der Waals surface area contributed by atoms with Gasteiger partial charge in [-0.05, 0) is 50.3 Å². The van der Waals surface area contributed by atoms with E-state index in [0.717, 1.165) is 38.3 Å². The third kappa shape index (κ3) is 5.30. The van der Waals surface area contributed by atoms with Gasteiger partial charge in [0.1, 0.15) is 0 Å². The van der Waals surface area contributed by atoms with Crippen LogP contribution in [0.15, 0.2) is 24.3 Å². The first-order valence-corrected chi connectivity index (χ1v) is 6.99. The van der Waals surface area contributed by atoms with E-state index in [0.29, 0.717) is 5.56 Å². The Labute approximate surface area is 116 Å². The molecule has 0 radical (unpaired) electrons. The van der Waals surface area contributed by atoms with Gasteiger partial charge in [0.05, 0.1) is 0 Å². The number of benzene rings is 1. The van der Waals surface area contributed by atoms with Gasteiger partial charge < -0.3 is 15.5 Å². The van der Waals surface area contributed by atoms with Gasteiger partial charge in [-0.25, -0.2) is 0 Å². The van der Waals surface area contributed by atoms with E-state index in [4.69, 9.17) is 0 Å². The smallest absolute Gasteiger partial charge is 0.251 e. The predicted octanol–water partition coefficient (Wildman–Crippen LogP) is 2.19. The molecule has 0 spiro atoms. The van der Waals surface area contributed by atoms with Crippen LogP contribution in [0.3, 0.4) is 0 Å². The summed E-state index contributed by atoms with van der Waals surface area (Å²) in [6.45, 7) is 8.21. The first kappa shape index (κ1) is 15.5. The van der Waals surface area contributed by atoms with Crippen molar-refractivity contribution in [1.29, 1.82) is 0 Å². The summed E-state index contributed by atoms with van der Waals surface area (Å²) < 4.78 is 0. The summed E-state index contributed by atoms with van der Waals surface area (Å²) in [5.74, 6) is 0.00204. The number of hydrogen-bond donors (Lipinski definition) is 2. The summed E-state index contributed by atoms with van der Waals surface area (Å²) in [7, 11) is 1.86. The van der Waals surface area contributed by atoms with Gasteiger partial charge in [-0.1, -0.05) is 13.8 Å². The van der Waals surface area contributed by atoms with E-state index in [1.54, 1.807) is 0 Å². The van der Waals surface area contributed by atoms with Crippen LogP contribution in [0.2, 0.25) is 0 Å². The van der Waals surface area contributed by atoms with Crippen LogP contribution in [0.25, 0.3) is 0 Å². The van der Waals surface area contributed by atoms with Crippen molar-refractivity contribution in [2.75, 3.05) is 38.5 Å². The number of carbonyl (C=O) groups excluding carboxylic acids is 1. The lowest BCUT2D eigenvalue weighted by atomic mass is 10.2. The zero-order valence-electron chi connectivity index (χ0n) is 12.2. The van der Waals surface area contributed by atoms with Gasteiger partial charge in [0, 0.05) is 24.8 Å². The molecule has 0 atom stereocenters. The molecule has 1 aromatic rings. The van der Waals surface area contributed by atoms with E-state index in [2.05, 4.69) is 29.4 Å². The molecule has 4 nitrogen and oxygen atoms in total. The second-order valence-electron chi connectivity index (χ2n) is 4.46. The molecule has 2 N–H and O–H groups in total. The monoisotopic (exact) mass is 263 g/mol. The molecule has 106 valence electrons. The zero-order chi connectivity index (χ0) is 14.1. The summed E-state index contributed by atoms with van der Waals surface area (Å²) in [4.78, 5) is 14.2. The third-order valence-electron chi connectivity index (χ3n) is 3.27. The molecule has 0 saturated carbocycles. The standard InChI is InChI=1S/C15H25N3O/c1-4-18(5-2)12-6-11-17-15(19)13-7-9-14(16-3)10-8-13/h7-10,16H,4-6,11-12H2,1-3H3,(H,17,19). The number of anilines is 1. The van der Waals surface area contributed by atoms with Gasteiger partial charge in [0.2, 0.25) is 0 Å². The van der Waals surface area contributed by atoms with Gasteiger partial charge in [-0.3, -0.25) is 4.79 Å². The largest absolute Gasteiger partial charge is 0.388 e. The normalized spacial score (nSPS) is 10.5. The molecule has 0 unspecified atom stereocenters. The van der Waals surface area contributed by atoms with Crippen molar-refractivity contribution in [1.82, 2.24) is 10.2 Å². The number of carbonyl (C=O) groups is 1. The lowest BCUT2D eigenvalue weighted by Gasteiger charge is -2.17. The molecule has 0 aliphatic carbocycles. The van der Waals surface area contributed by atoms with Crippen LogP contribution >= 0.6 is 0 Å². The topological polar surface area (TPSA) is 44.4 Å². The van der Waals surface area contributed by atoms with Crippen molar-refractivity contribution in [2.45, 2.75) is 20.3 Å². The SMILES string of the molecule is CCN(CC)CCCNC(=O)c1ccc(NC)cc1. The molecule has 4 heteroatoms. The fourth-order valence-corrected chi connectivity index (χ4v) is 1.93. The quantitative estimate of drug-likeness (QED) is 0.707. The van der Waals surface area contributed by atoms with Crippen LogP contribution in [-0.2, 0) is 0 Å². The molecule has 0 aliphatic rings. The lowest BCUT2D eigenvalue weighted by Crippen LogP contribution is -2.29. The zero-order valence-corrected chi connectivity index (χ0v) is 12.2. The molecule has 1 rings (SSSR count). The Morgan fingerprint density at radius 3 is 2.32 bits per heavy atom. The molecular weight excluding hydrogens is 238 g/mol. The highest BCUT2D eigenvalue weighted by Crippen LogP contribution is 2.08. The molecule has 1 amide bonds. The second-order valence-corrected chi connectivity index (χ2v) is 4.46. The summed E-state index contributed by atoms with van der Waals surface area (Å²) in [6.07, 6.45) is 0.988. The van der Waals surface area contributed by atoms with Gasteiger partial charge in [0.15, 0.2) is 0 Å². The van der Waals surface area contributed by atoms with E-state index < -0.39 is 0 Å². The number of hydrogen-bond acceptors (Lipinski definition) is 3. The van der Waals surface area contributed by atoms with Crippen molar-refractivity contribution >= 4 is 11.6 Å². The molecule has 0 saturated heterocycles. The number of rotatable bonds is 8. The van der Waals surface area contributed by atoms with E-state index >= 15 is 0 Å². The summed E-state index contributed by atoms with van der Waals surface area (Å²) in [6, 6.07) is 7.49. The van der Waals surface area contributed by atoms with Gasteiger partial charge in [-0.2, -0.15) is 0 Å². The van der Waals surface area contributed by atoms with Crippen molar-refractivity contribution < 1.29 is 4.79 Å². The van der Waals surface area contributed by atoms with Gasteiger partial charge in [0.25, 0.3) is 5.91 Å². The van der Waals surface area contributed by atoms with Crippen LogP contribution < -0.4 is 10.6 Å². The first-order valence-electron chi connectivity index (χ1n) is 6.99. The summed E-state index contributed by atoms with van der Waals surface area (Å²) in [5.41, 5.74) is 1.72. The molecule has 0 heterocycles. The van der Waals surface area contributed by atoms with Crippen LogP contribution in [-0.4, -0.2) is 44.0 Å². The van der Waals surface area contributed by atoms with Crippen molar-refractivity contribution in [3.8, 4) is 0 Å². The molecular formula is C15H25N3O. The Bertz CT molecular complexity index is 371. The summed E-state index contributed by atoms with van der Waals surface area (Å²) in [5, 5.41) is 5.99. The minimum absolute atomic E-state index is 0.00204. The van der Waals surface area contributed by atoms with Crippen LogP contribution in [0.1, 0.15) is 30.6 Å². The number of nitrogens with one attached hydrogen (secondary N) is 2. The average molecular weight is 263 g/mol. The lowest BCUT2D eigenvalue weighted by molar-refractivity contribution is 0.0952. The summed E-state index contributed by atoms with van der Waals surface area (Å²) >= 11 is 0. The third-order valence-corrected chi connectivity index (χ3v) is 3.27. The molecule has 0 bridgehead atoms. The highest BCUT2D eigenvalue weighted by Gasteiger charge is 2.04. The Kier molecular flexibility index (Phi) is 6.97. The van der Waals surface area contributed by atoms with E-state index in [9.17, 15) is 4.79 Å². The van der Waals surface area contributed by atoms with Crippen molar-refractivity contribution in [3.63, 3.8) is 0 Å². The second kappa shape index (κ2) is 8.53. The fourth-order valence-electron chi connectivity index (χ4n) is 1.93. The Morgan fingerprint density at radius 2 is 1.79 bits per heavy atom. The van der Waals surface area contributed by atoms with E-state index in [1.165, 1.54) is 0 Å².